The maximum absolute atomic E-state index is 12.4. The average Bonchev–Trinajstić information content (AvgIpc) is 2.97. The van der Waals surface area contributed by atoms with E-state index in [1.54, 1.807) is 0 Å². The summed E-state index contributed by atoms with van der Waals surface area (Å²) in [5.41, 5.74) is 2.01. The lowest BCUT2D eigenvalue weighted by atomic mass is 9.95. The molecule has 0 saturated carbocycles. The third kappa shape index (κ3) is 2.90. The molecule has 0 aromatic heterocycles. The van der Waals surface area contributed by atoms with Gasteiger partial charge < -0.3 is 10.0 Å². The fourth-order valence-corrected chi connectivity index (χ4v) is 3.18. The van der Waals surface area contributed by atoms with Crippen LogP contribution in [-0.4, -0.2) is 22.5 Å². The van der Waals surface area contributed by atoms with Crippen molar-refractivity contribution < 1.29 is 9.90 Å². The molecule has 1 N–H and O–H groups in total. The van der Waals surface area contributed by atoms with Crippen molar-refractivity contribution in [3.05, 3.63) is 71.8 Å². The van der Waals surface area contributed by atoms with E-state index in [1.807, 2.05) is 72.5 Å². The Morgan fingerprint density at radius 3 is 2.14 bits per heavy atom. The lowest BCUT2D eigenvalue weighted by molar-refractivity contribution is -0.129. The van der Waals surface area contributed by atoms with Gasteiger partial charge in [-0.05, 0) is 18.1 Å². The molecule has 114 valence electrons. The Bertz CT molecular complexity index is 626. The molecule has 1 saturated heterocycles. The monoisotopic (exact) mass is 295 g/mol. The fraction of sp³-hybridized carbons (Fsp3) is 0.316. The molecule has 1 amide bonds. The van der Waals surface area contributed by atoms with Crippen molar-refractivity contribution in [3.8, 4) is 0 Å². The number of amides is 1. The van der Waals surface area contributed by atoms with E-state index in [0.29, 0.717) is 13.0 Å². The molecule has 1 aliphatic heterocycles. The Morgan fingerprint density at radius 1 is 1.00 bits per heavy atom. The van der Waals surface area contributed by atoms with Crippen LogP contribution in [0.15, 0.2) is 60.7 Å². The number of aliphatic hydroxyl groups excluding tert-OH is 1. The number of carbonyl (C=O) groups excluding carboxylic acids is 1. The molecule has 1 heterocycles. The van der Waals surface area contributed by atoms with Gasteiger partial charge in [0.15, 0.2) is 0 Å². The molecule has 3 atom stereocenters. The second-order valence-electron chi connectivity index (χ2n) is 5.95. The molecular formula is C19H21NO2. The highest BCUT2D eigenvalue weighted by molar-refractivity contribution is 5.79. The molecule has 2 aromatic carbocycles. The van der Waals surface area contributed by atoms with Crippen LogP contribution in [0.1, 0.15) is 36.6 Å². The standard InChI is InChI=1S/C19H21NO2/c1-14(15-8-4-2-5-9-15)20-13-17(12-18(20)21)19(22)16-10-6-3-7-11-16/h2-11,14,17,19,22H,12-13H2,1H3/t14-,17+,19?/m0/s1. The molecular weight excluding hydrogens is 274 g/mol. The molecule has 0 bridgehead atoms. The number of hydrogen-bond donors (Lipinski definition) is 1. The first-order valence-corrected chi connectivity index (χ1v) is 7.74. The first-order chi connectivity index (χ1) is 10.7. The Labute approximate surface area is 131 Å². The van der Waals surface area contributed by atoms with Gasteiger partial charge in [-0.15, -0.1) is 0 Å². The molecule has 0 aliphatic carbocycles. The highest BCUT2D eigenvalue weighted by Gasteiger charge is 2.37. The molecule has 1 fully saturated rings. The van der Waals surface area contributed by atoms with Crippen molar-refractivity contribution in [2.24, 2.45) is 5.92 Å². The number of carbonyl (C=O) groups is 1. The molecule has 1 unspecified atom stereocenters. The minimum atomic E-state index is -0.585. The lowest BCUT2D eigenvalue weighted by Gasteiger charge is -2.26. The molecule has 3 heteroatoms. The average molecular weight is 295 g/mol. The van der Waals surface area contributed by atoms with Crippen molar-refractivity contribution >= 4 is 5.91 Å². The van der Waals surface area contributed by atoms with E-state index in [0.717, 1.165) is 11.1 Å². The highest BCUT2D eigenvalue weighted by atomic mass is 16.3. The van der Waals surface area contributed by atoms with Crippen LogP contribution in [-0.2, 0) is 4.79 Å². The maximum atomic E-state index is 12.4. The van der Waals surface area contributed by atoms with Gasteiger partial charge in [0, 0.05) is 18.9 Å². The number of hydrogen-bond acceptors (Lipinski definition) is 2. The molecule has 22 heavy (non-hydrogen) atoms. The van der Waals surface area contributed by atoms with Crippen molar-refractivity contribution in [1.29, 1.82) is 0 Å². The first-order valence-electron chi connectivity index (χ1n) is 7.74. The Kier molecular flexibility index (Phi) is 4.25. The zero-order chi connectivity index (χ0) is 15.5. The molecule has 0 spiro atoms. The summed E-state index contributed by atoms with van der Waals surface area (Å²) in [6.07, 6.45) is -0.175. The van der Waals surface area contributed by atoms with Crippen LogP contribution in [0.25, 0.3) is 0 Å². The normalized spacial score (nSPS) is 20.9. The second-order valence-corrected chi connectivity index (χ2v) is 5.95. The van der Waals surface area contributed by atoms with E-state index in [2.05, 4.69) is 0 Å². The van der Waals surface area contributed by atoms with Gasteiger partial charge in [-0.3, -0.25) is 4.79 Å². The van der Waals surface area contributed by atoms with Gasteiger partial charge in [0.25, 0.3) is 0 Å². The summed E-state index contributed by atoms with van der Waals surface area (Å²) in [5.74, 6) is 0.0809. The second kappa shape index (κ2) is 6.32. The van der Waals surface area contributed by atoms with Crippen LogP contribution >= 0.6 is 0 Å². The topological polar surface area (TPSA) is 40.5 Å². The minimum Gasteiger partial charge on any atom is -0.388 e. The summed E-state index contributed by atoms with van der Waals surface area (Å²) >= 11 is 0. The minimum absolute atomic E-state index is 0.0407. The van der Waals surface area contributed by atoms with Gasteiger partial charge >= 0.3 is 0 Å². The predicted octanol–water partition coefficient (Wildman–Crippen LogP) is 3.33. The van der Waals surface area contributed by atoms with Crippen LogP contribution in [0.3, 0.4) is 0 Å². The molecule has 3 rings (SSSR count). The smallest absolute Gasteiger partial charge is 0.223 e. The van der Waals surface area contributed by atoms with E-state index in [-0.39, 0.29) is 17.9 Å². The van der Waals surface area contributed by atoms with Crippen molar-refractivity contribution in [2.75, 3.05) is 6.54 Å². The Morgan fingerprint density at radius 2 is 1.55 bits per heavy atom. The largest absolute Gasteiger partial charge is 0.388 e. The number of likely N-dealkylation sites (tertiary alicyclic amines) is 1. The molecule has 2 aromatic rings. The summed E-state index contributed by atoms with van der Waals surface area (Å²) in [6.45, 7) is 2.65. The summed E-state index contributed by atoms with van der Waals surface area (Å²) in [4.78, 5) is 14.2. The first kappa shape index (κ1) is 14.8. The quantitative estimate of drug-likeness (QED) is 0.940. The number of benzene rings is 2. The lowest BCUT2D eigenvalue weighted by Crippen LogP contribution is -2.29. The summed E-state index contributed by atoms with van der Waals surface area (Å²) in [5, 5.41) is 10.5. The van der Waals surface area contributed by atoms with Gasteiger partial charge in [-0.25, -0.2) is 0 Å². The van der Waals surface area contributed by atoms with Crippen LogP contribution in [0.4, 0.5) is 0 Å². The maximum Gasteiger partial charge on any atom is 0.223 e. The molecule has 3 nitrogen and oxygen atoms in total. The van der Waals surface area contributed by atoms with Crippen LogP contribution in [0.5, 0.6) is 0 Å². The van der Waals surface area contributed by atoms with Crippen molar-refractivity contribution in [2.45, 2.75) is 25.5 Å². The third-order valence-electron chi connectivity index (χ3n) is 4.53. The van der Waals surface area contributed by atoms with E-state index < -0.39 is 6.10 Å². The SMILES string of the molecule is C[C@@H](c1ccccc1)N1C[C@H](C(O)c2ccccc2)CC1=O. The zero-order valence-electron chi connectivity index (χ0n) is 12.7. The van der Waals surface area contributed by atoms with E-state index in [4.69, 9.17) is 0 Å². The van der Waals surface area contributed by atoms with Crippen LogP contribution < -0.4 is 0 Å². The van der Waals surface area contributed by atoms with Gasteiger partial charge in [0.1, 0.15) is 0 Å². The van der Waals surface area contributed by atoms with Crippen molar-refractivity contribution in [3.63, 3.8) is 0 Å². The van der Waals surface area contributed by atoms with E-state index >= 15 is 0 Å². The Balaban J connectivity index is 1.73. The number of rotatable bonds is 4. The predicted molar refractivity (Wildman–Crippen MR) is 86.1 cm³/mol. The zero-order valence-corrected chi connectivity index (χ0v) is 12.7. The summed E-state index contributed by atoms with van der Waals surface area (Å²) in [7, 11) is 0. The van der Waals surface area contributed by atoms with Gasteiger partial charge in [-0.2, -0.15) is 0 Å². The summed E-state index contributed by atoms with van der Waals surface area (Å²) < 4.78 is 0. The van der Waals surface area contributed by atoms with Gasteiger partial charge in [0.2, 0.25) is 5.91 Å². The van der Waals surface area contributed by atoms with E-state index in [9.17, 15) is 9.90 Å². The molecule has 1 aliphatic rings. The fourth-order valence-electron chi connectivity index (χ4n) is 3.18. The van der Waals surface area contributed by atoms with Crippen molar-refractivity contribution in [1.82, 2.24) is 4.90 Å². The van der Waals surface area contributed by atoms with Crippen LogP contribution in [0, 0.1) is 5.92 Å². The van der Waals surface area contributed by atoms with Gasteiger partial charge in [0.05, 0.1) is 12.1 Å². The third-order valence-corrected chi connectivity index (χ3v) is 4.53. The number of aliphatic hydroxyl groups is 1. The summed E-state index contributed by atoms with van der Waals surface area (Å²) in [6, 6.07) is 19.7. The van der Waals surface area contributed by atoms with E-state index in [1.165, 1.54) is 0 Å². The van der Waals surface area contributed by atoms with Gasteiger partial charge in [-0.1, -0.05) is 60.7 Å². The molecule has 0 radical (unpaired) electrons. The Hall–Kier alpha value is -2.13. The highest BCUT2D eigenvalue weighted by Crippen LogP contribution is 2.34. The van der Waals surface area contributed by atoms with Crippen LogP contribution in [0.2, 0.25) is 0 Å². The number of nitrogens with zero attached hydrogens (tertiary/aromatic N) is 1.